The number of aryl methyl sites for hydroxylation is 1. The van der Waals surface area contributed by atoms with Gasteiger partial charge in [0.2, 0.25) is 5.89 Å². The van der Waals surface area contributed by atoms with Gasteiger partial charge in [0.1, 0.15) is 5.76 Å². The second kappa shape index (κ2) is 9.45. The van der Waals surface area contributed by atoms with Crippen LogP contribution in [0, 0.1) is 6.92 Å². The third-order valence-electron chi connectivity index (χ3n) is 4.53. The van der Waals surface area contributed by atoms with Gasteiger partial charge in [-0.05, 0) is 30.5 Å². The number of hydrogen-bond donors (Lipinski definition) is 3. The summed E-state index contributed by atoms with van der Waals surface area (Å²) in [5.74, 6) is 2.29. The van der Waals surface area contributed by atoms with Crippen molar-refractivity contribution in [1.29, 1.82) is 0 Å². The highest BCUT2D eigenvalue weighted by atomic mass is 127. The number of hydrogen-bond acceptors (Lipinski definition) is 3. The fourth-order valence-electron chi connectivity index (χ4n) is 2.94. The van der Waals surface area contributed by atoms with E-state index in [4.69, 9.17) is 4.42 Å². The van der Waals surface area contributed by atoms with Gasteiger partial charge in [-0.2, -0.15) is 0 Å². The van der Waals surface area contributed by atoms with Crippen LogP contribution in [0.5, 0.6) is 0 Å². The van der Waals surface area contributed by atoms with Crippen molar-refractivity contribution in [2.75, 3.05) is 13.6 Å². The van der Waals surface area contributed by atoms with E-state index in [1.54, 1.807) is 13.2 Å². The van der Waals surface area contributed by atoms with E-state index in [-0.39, 0.29) is 29.4 Å². The molecule has 3 aromatic rings. The van der Waals surface area contributed by atoms with Gasteiger partial charge in [-0.25, -0.2) is 4.98 Å². The molecule has 2 aromatic heterocycles. The zero-order valence-electron chi connectivity index (χ0n) is 17.2. The lowest BCUT2D eigenvalue weighted by Gasteiger charge is -2.13. The lowest BCUT2D eigenvalue weighted by atomic mass is 9.94. The first-order valence-corrected chi connectivity index (χ1v) is 9.33. The molecule has 152 valence electrons. The molecule has 0 radical (unpaired) electrons. The summed E-state index contributed by atoms with van der Waals surface area (Å²) in [6.45, 7) is 9.72. The number of halogens is 1. The second-order valence-corrected chi connectivity index (χ2v) is 7.83. The van der Waals surface area contributed by atoms with E-state index in [2.05, 4.69) is 77.7 Å². The van der Waals surface area contributed by atoms with E-state index in [1.165, 1.54) is 22.0 Å². The van der Waals surface area contributed by atoms with Crippen LogP contribution in [0.25, 0.3) is 10.9 Å². The maximum Gasteiger partial charge on any atom is 0.213 e. The molecule has 0 spiro atoms. The van der Waals surface area contributed by atoms with Gasteiger partial charge in [0.05, 0.1) is 12.7 Å². The predicted octanol–water partition coefficient (Wildman–Crippen LogP) is 4.29. The highest BCUT2D eigenvalue weighted by Gasteiger charge is 2.19. The van der Waals surface area contributed by atoms with Gasteiger partial charge in [0.25, 0.3) is 0 Å². The second-order valence-electron chi connectivity index (χ2n) is 7.83. The number of nitrogens with one attached hydrogen (secondary N) is 3. The van der Waals surface area contributed by atoms with Crippen molar-refractivity contribution in [2.24, 2.45) is 4.99 Å². The summed E-state index contributed by atoms with van der Waals surface area (Å²) in [5, 5.41) is 7.87. The van der Waals surface area contributed by atoms with E-state index in [0.717, 1.165) is 24.7 Å². The summed E-state index contributed by atoms with van der Waals surface area (Å²) in [6, 6.07) is 6.50. The van der Waals surface area contributed by atoms with Gasteiger partial charge in [-0.3, -0.25) is 4.99 Å². The smallest absolute Gasteiger partial charge is 0.213 e. The van der Waals surface area contributed by atoms with Gasteiger partial charge in [-0.15, -0.1) is 24.0 Å². The van der Waals surface area contributed by atoms with E-state index in [1.807, 2.05) is 0 Å². The van der Waals surface area contributed by atoms with Crippen molar-refractivity contribution in [2.45, 2.75) is 46.1 Å². The van der Waals surface area contributed by atoms with Crippen LogP contribution in [-0.2, 0) is 18.4 Å². The molecule has 6 nitrogen and oxygen atoms in total. The maximum atomic E-state index is 5.80. The molecule has 0 atom stereocenters. The highest BCUT2D eigenvalue weighted by Crippen LogP contribution is 2.22. The number of benzene rings is 1. The van der Waals surface area contributed by atoms with E-state index >= 15 is 0 Å². The van der Waals surface area contributed by atoms with Crippen molar-refractivity contribution in [1.82, 2.24) is 20.6 Å². The number of H-pyrrole nitrogens is 1. The Kier molecular flexibility index (Phi) is 7.51. The van der Waals surface area contributed by atoms with E-state index < -0.39 is 0 Å². The summed E-state index contributed by atoms with van der Waals surface area (Å²) >= 11 is 0. The van der Waals surface area contributed by atoms with Crippen LogP contribution < -0.4 is 10.6 Å². The third-order valence-corrected chi connectivity index (χ3v) is 4.53. The molecular weight excluding hydrogens is 465 g/mol. The molecule has 0 bridgehead atoms. The Morgan fingerprint density at radius 2 is 2.04 bits per heavy atom. The number of nitrogens with zero attached hydrogens (tertiary/aromatic N) is 2. The Morgan fingerprint density at radius 1 is 1.25 bits per heavy atom. The number of aliphatic imine (C=N–C) groups is 1. The highest BCUT2D eigenvalue weighted by molar-refractivity contribution is 14.0. The van der Waals surface area contributed by atoms with Crippen molar-refractivity contribution in [3.63, 3.8) is 0 Å². The first kappa shape index (κ1) is 22.3. The summed E-state index contributed by atoms with van der Waals surface area (Å²) < 4.78 is 5.80. The normalized spacial score (nSPS) is 12.1. The SMILES string of the molecule is CN=C(NCCc1c[nH]c2cc(C)ccc12)NCc1ncc(C(C)(C)C)o1.I. The molecule has 3 rings (SSSR count). The molecule has 0 unspecified atom stereocenters. The number of rotatable bonds is 5. The quantitative estimate of drug-likeness (QED) is 0.281. The van der Waals surface area contributed by atoms with E-state index in [0.29, 0.717) is 12.4 Å². The fourth-order valence-corrected chi connectivity index (χ4v) is 2.94. The van der Waals surface area contributed by atoms with Gasteiger partial charge in [0.15, 0.2) is 5.96 Å². The lowest BCUT2D eigenvalue weighted by Crippen LogP contribution is -2.37. The molecule has 3 N–H and O–H groups in total. The van der Waals surface area contributed by atoms with Gasteiger partial charge in [-0.1, -0.05) is 32.9 Å². The Balaban J connectivity index is 0.00000280. The average Bonchev–Trinajstić information content (AvgIpc) is 3.24. The van der Waals surface area contributed by atoms with Gasteiger partial charge >= 0.3 is 0 Å². The van der Waals surface area contributed by atoms with Crippen LogP contribution >= 0.6 is 24.0 Å². The Bertz CT molecular complexity index is 936. The molecule has 0 fully saturated rings. The first-order valence-electron chi connectivity index (χ1n) is 9.33. The number of oxazole rings is 1. The summed E-state index contributed by atoms with van der Waals surface area (Å²) in [7, 11) is 1.76. The molecular formula is C21H30IN5O. The third kappa shape index (κ3) is 5.50. The Labute approximate surface area is 183 Å². The topological polar surface area (TPSA) is 78.2 Å². The molecule has 28 heavy (non-hydrogen) atoms. The number of fused-ring (bicyclic) bond motifs is 1. The van der Waals surface area contributed by atoms with Gasteiger partial charge in [0, 0.05) is 36.1 Å². The van der Waals surface area contributed by atoms with Crippen LogP contribution in [0.4, 0.5) is 0 Å². The van der Waals surface area contributed by atoms with Gasteiger partial charge < -0.3 is 20.0 Å². The standard InChI is InChI=1S/C21H29N5O.HI/c1-14-6-7-16-15(11-24-17(16)10-14)8-9-23-20(22-5)26-13-19-25-12-18(27-19)21(2,3)4;/h6-7,10-12,24H,8-9,13H2,1-5H3,(H2,22,23,26);1H. The molecule has 0 saturated heterocycles. The minimum atomic E-state index is -0.0386. The maximum absolute atomic E-state index is 5.80. The van der Waals surface area contributed by atoms with Crippen molar-refractivity contribution in [3.05, 3.63) is 53.4 Å². The van der Waals surface area contributed by atoms with E-state index in [9.17, 15) is 0 Å². The number of aromatic amines is 1. The molecule has 2 heterocycles. The molecule has 0 aliphatic carbocycles. The molecule has 0 aliphatic rings. The minimum absolute atomic E-state index is 0. The van der Waals surface area contributed by atoms with Crippen LogP contribution in [0.15, 0.2) is 40.0 Å². The summed E-state index contributed by atoms with van der Waals surface area (Å²) in [6.07, 6.45) is 4.80. The van der Waals surface area contributed by atoms with Crippen molar-refractivity contribution in [3.8, 4) is 0 Å². The van der Waals surface area contributed by atoms with Crippen molar-refractivity contribution >= 4 is 40.8 Å². The minimum Gasteiger partial charge on any atom is -0.443 e. The molecule has 0 saturated carbocycles. The predicted molar refractivity (Wildman–Crippen MR) is 126 cm³/mol. The van der Waals surface area contributed by atoms with Crippen LogP contribution in [0.3, 0.4) is 0 Å². The van der Waals surface area contributed by atoms with Crippen LogP contribution in [0.1, 0.15) is 43.5 Å². The van der Waals surface area contributed by atoms with Crippen LogP contribution in [-0.4, -0.2) is 29.5 Å². The van der Waals surface area contributed by atoms with Crippen molar-refractivity contribution < 1.29 is 4.42 Å². The molecule has 7 heteroatoms. The molecule has 0 aliphatic heterocycles. The molecule has 0 amide bonds. The zero-order chi connectivity index (χ0) is 19.4. The monoisotopic (exact) mass is 495 g/mol. The molecule has 1 aromatic carbocycles. The van der Waals surface area contributed by atoms with Crippen LogP contribution in [0.2, 0.25) is 0 Å². The Morgan fingerprint density at radius 3 is 2.71 bits per heavy atom. The number of guanidine groups is 1. The first-order chi connectivity index (χ1) is 12.9. The largest absolute Gasteiger partial charge is 0.443 e. The number of aromatic nitrogens is 2. The summed E-state index contributed by atoms with van der Waals surface area (Å²) in [5.41, 5.74) is 3.71. The average molecular weight is 495 g/mol. The summed E-state index contributed by atoms with van der Waals surface area (Å²) in [4.78, 5) is 12.0. The zero-order valence-corrected chi connectivity index (χ0v) is 19.5. The Hall–Kier alpha value is -2.03. The fraction of sp³-hybridized carbons (Fsp3) is 0.429. The lowest BCUT2D eigenvalue weighted by molar-refractivity contribution is 0.379.